The van der Waals surface area contributed by atoms with Gasteiger partial charge in [-0.3, -0.25) is 4.79 Å². The van der Waals surface area contributed by atoms with Gasteiger partial charge in [0.25, 0.3) is 0 Å². The molecule has 0 aliphatic carbocycles. The molecule has 1 aliphatic rings. The zero-order chi connectivity index (χ0) is 13.0. The normalized spacial score (nSPS) is 19.6. The molecule has 18 heavy (non-hydrogen) atoms. The molecule has 1 fully saturated rings. The lowest BCUT2D eigenvalue weighted by Crippen LogP contribution is -2.22. The minimum Gasteiger partial charge on any atom is -0.497 e. The Kier molecular flexibility index (Phi) is 5.13. The lowest BCUT2D eigenvalue weighted by Gasteiger charge is -2.20. The predicted molar refractivity (Wildman–Crippen MR) is 79.5 cm³/mol. The molecule has 1 aliphatic heterocycles. The molecule has 0 N–H and O–H groups in total. The van der Waals surface area contributed by atoms with E-state index >= 15 is 0 Å². The fourth-order valence-corrected chi connectivity index (χ4v) is 3.75. The number of hydrogen-bond donors (Lipinski definition) is 0. The fraction of sp³-hybridized carbons (Fsp3) is 0.500. The molecule has 1 saturated heterocycles. The SMILES string of the molecule is COc1ccc(Br)c(CC(=O)C2CCCCS2)c1. The van der Waals surface area contributed by atoms with Gasteiger partial charge in [0.15, 0.2) is 0 Å². The van der Waals surface area contributed by atoms with E-state index in [1.807, 2.05) is 30.0 Å². The highest BCUT2D eigenvalue weighted by Crippen LogP contribution is 2.29. The van der Waals surface area contributed by atoms with Crippen molar-refractivity contribution in [3.63, 3.8) is 0 Å². The quantitative estimate of drug-likeness (QED) is 0.839. The van der Waals surface area contributed by atoms with E-state index in [2.05, 4.69) is 15.9 Å². The highest BCUT2D eigenvalue weighted by molar-refractivity contribution is 9.10. The summed E-state index contributed by atoms with van der Waals surface area (Å²) >= 11 is 5.31. The van der Waals surface area contributed by atoms with Gasteiger partial charge in [-0.1, -0.05) is 22.4 Å². The highest BCUT2D eigenvalue weighted by Gasteiger charge is 2.22. The number of rotatable bonds is 4. The van der Waals surface area contributed by atoms with Crippen LogP contribution in [0.1, 0.15) is 24.8 Å². The van der Waals surface area contributed by atoms with Crippen LogP contribution in [-0.2, 0) is 11.2 Å². The number of benzene rings is 1. The van der Waals surface area contributed by atoms with Crippen molar-refractivity contribution in [2.24, 2.45) is 0 Å². The number of ether oxygens (including phenoxy) is 1. The zero-order valence-corrected chi connectivity index (χ0v) is 12.9. The summed E-state index contributed by atoms with van der Waals surface area (Å²) in [5.41, 5.74) is 1.02. The van der Waals surface area contributed by atoms with E-state index in [1.54, 1.807) is 7.11 Å². The van der Waals surface area contributed by atoms with Crippen LogP contribution in [0.25, 0.3) is 0 Å². The van der Waals surface area contributed by atoms with Gasteiger partial charge in [0, 0.05) is 10.9 Å². The van der Waals surface area contributed by atoms with Crippen molar-refractivity contribution in [2.45, 2.75) is 30.9 Å². The van der Waals surface area contributed by atoms with Crippen LogP contribution in [0.5, 0.6) is 5.75 Å². The molecule has 0 amide bonds. The second kappa shape index (κ2) is 6.62. The molecule has 1 unspecified atom stereocenters. The summed E-state index contributed by atoms with van der Waals surface area (Å²) in [6.07, 6.45) is 3.96. The van der Waals surface area contributed by atoms with Crippen LogP contribution in [-0.4, -0.2) is 23.9 Å². The van der Waals surface area contributed by atoms with Gasteiger partial charge in [-0.2, -0.15) is 11.8 Å². The first kappa shape index (κ1) is 13.9. The smallest absolute Gasteiger partial charge is 0.150 e. The fourth-order valence-electron chi connectivity index (χ4n) is 2.11. The van der Waals surface area contributed by atoms with Crippen molar-refractivity contribution < 1.29 is 9.53 Å². The Morgan fingerprint density at radius 2 is 2.33 bits per heavy atom. The Bertz CT molecular complexity index is 428. The second-order valence-corrected chi connectivity index (χ2v) is 6.62. The molecule has 0 aromatic heterocycles. The summed E-state index contributed by atoms with van der Waals surface area (Å²) < 4.78 is 6.18. The summed E-state index contributed by atoms with van der Waals surface area (Å²) in [6, 6.07) is 5.78. The monoisotopic (exact) mass is 328 g/mol. The topological polar surface area (TPSA) is 26.3 Å². The lowest BCUT2D eigenvalue weighted by atomic mass is 10.0. The van der Waals surface area contributed by atoms with Crippen LogP contribution in [0.3, 0.4) is 0 Å². The molecule has 0 saturated carbocycles. The van der Waals surface area contributed by atoms with Crippen molar-refractivity contribution >= 4 is 33.5 Å². The largest absolute Gasteiger partial charge is 0.497 e. The molecule has 0 radical (unpaired) electrons. The van der Waals surface area contributed by atoms with E-state index in [0.29, 0.717) is 12.2 Å². The molecule has 0 bridgehead atoms. The van der Waals surface area contributed by atoms with Crippen molar-refractivity contribution in [1.29, 1.82) is 0 Å². The van der Waals surface area contributed by atoms with Crippen molar-refractivity contribution in [3.8, 4) is 5.75 Å². The third-order valence-corrected chi connectivity index (χ3v) is 5.36. The van der Waals surface area contributed by atoms with Crippen molar-refractivity contribution in [3.05, 3.63) is 28.2 Å². The third-order valence-electron chi connectivity index (χ3n) is 3.16. The van der Waals surface area contributed by atoms with E-state index in [9.17, 15) is 4.79 Å². The average Bonchev–Trinajstić information content (AvgIpc) is 2.42. The maximum atomic E-state index is 12.2. The maximum absolute atomic E-state index is 12.2. The zero-order valence-electron chi connectivity index (χ0n) is 10.4. The summed E-state index contributed by atoms with van der Waals surface area (Å²) in [5.74, 6) is 2.27. The summed E-state index contributed by atoms with van der Waals surface area (Å²) in [5, 5.41) is 0.192. The lowest BCUT2D eigenvalue weighted by molar-refractivity contribution is -0.118. The van der Waals surface area contributed by atoms with Crippen LogP contribution in [0.2, 0.25) is 0 Å². The number of Topliss-reactive ketones (excluding diaryl/α,β-unsaturated/α-hetero) is 1. The van der Waals surface area contributed by atoms with Gasteiger partial charge >= 0.3 is 0 Å². The number of carbonyl (C=O) groups is 1. The van der Waals surface area contributed by atoms with Crippen LogP contribution < -0.4 is 4.74 Å². The number of methoxy groups -OCH3 is 1. The van der Waals surface area contributed by atoms with Crippen molar-refractivity contribution in [1.82, 2.24) is 0 Å². The van der Waals surface area contributed by atoms with Crippen LogP contribution in [0.4, 0.5) is 0 Å². The standard InChI is InChI=1S/C14H17BrO2S/c1-17-11-5-6-12(15)10(8-11)9-13(16)14-4-2-3-7-18-14/h5-6,8,14H,2-4,7,9H2,1H3. The van der Waals surface area contributed by atoms with Gasteiger partial charge in [0.2, 0.25) is 0 Å². The molecule has 1 heterocycles. The van der Waals surface area contributed by atoms with E-state index in [0.717, 1.165) is 28.0 Å². The van der Waals surface area contributed by atoms with E-state index in [1.165, 1.54) is 12.8 Å². The highest BCUT2D eigenvalue weighted by atomic mass is 79.9. The predicted octanol–water partition coefficient (Wildman–Crippen LogP) is 3.86. The van der Waals surface area contributed by atoms with Crippen LogP contribution >= 0.6 is 27.7 Å². The van der Waals surface area contributed by atoms with Gasteiger partial charge < -0.3 is 4.74 Å². The van der Waals surface area contributed by atoms with E-state index in [-0.39, 0.29) is 5.25 Å². The summed E-state index contributed by atoms with van der Waals surface area (Å²) in [4.78, 5) is 12.2. The van der Waals surface area contributed by atoms with E-state index in [4.69, 9.17) is 4.74 Å². The second-order valence-electron chi connectivity index (χ2n) is 4.46. The molecule has 2 rings (SSSR count). The molecule has 98 valence electrons. The molecular weight excluding hydrogens is 312 g/mol. The van der Waals surface area contributed by atoms with Crippen LogP contribution in [0, 0.1) is 0 Å². The Morgan fingerprint density at radius 3 is 3.00 bits per heavy atom. The first-order valence-corrected chi connectivity index (χ1v) is 8.01. The van der Waals surface area contributed by atoms with Gasteiger partial charge in [-0.25, -0.2) is 0 Å². The number of thioether (sulfide) groups is 1. The molecule has 1 aromatic carbocycles. The molecule has 1 atom stereocenters. The number of carbonyl (C=O) groups excluding carboxylic acids is 1. The number of hydrogen-bond acceptors (Lipinski definition) is 3. The maximum Gasteiger partial charge on any atom is 0.150 e. The van der Waals surface area contributed by atoms with Gasteiger partial charge in [-0.15, -0.1) is 0 Å². The summed E-state index contributed by atoms with van der Waals surface area (Å²) in [7, 11) is 1.64. The first-order valence-electron chi connectivity index (χ1n) is 6.17. The minimum absolute atomic E-state index is 0.192. The van der Waals surface area contributed by atoms with Crippen molar-refractivity contribution in [2.75, 3.05) is 12.9 Å². The third kappa shape index (κ3) is 3.51. The first-order chi connectivity index (χ1) is 8.70. The molecule has 2 nitrogen and oxygen atoms in total. The Labute approximate surface area is 121 Å². The van der Waals surface area contributed by atoms with Crippen LogP contribution in [0.15, 0.2) is 22.7 Å². The minimum atomic E-state index is 0.192. The van der Waals surface area contributed by atoms with Gasteiger partial charge in [-0.05, 0) is 42.4 Å². The Balaban J connectivity index is 2.05. The molecule has 0 spiro atoms. The molecule has 1 aromatic rings. The summed E-state index contributed by atoms with van der Waals surface area (Å²) in [6.45, 7) is 0. The number of halogens is 1. The van der Waals surface area contributed by atoms with Gasteiger partial charge in [0.1, 0.15) is 11.5 Å². The van der Waals surface area contributed by atoms with E-state index < -0.39 is 0 Å². The average molecular weight is 329 g/mol. The molecular formula is C14H17BrO2S. The van der Waals surface area contributed by atoms with Gasteiger partial charge in [0.05, 0.1) is 12.4 Å². The Hall–Kier alpha value is -0.480. The Morgan fingerprint density at radius 1 is 1.50 bits per heavy atom. The number of ketones is 1. The molecule has 4 heteroatoms.